The largest absolute Gasteiger partial charge is 0.481 e. The van der Waals surface area contributed by atoms with Gasteiger partial charge in [0.15, 0.2) is 5.03 Å². The van der Waals surface area contributed by atoms with Crippen molar-refractivity contribution in [3.8, 4) is 0 Å². The summed E-state index contributed by atoms with van der Waals surface area (Å²) in [6.45, 7) is 3.02. The molecule has 1 aromatic rings. The Kier molecular flexibility index (Phi) is 3.89. The second kappa shape index (κ2) is 4.84. The number of nitrogens with zero attached hydrogens (tertiary/aromatic N) is 1. The van der Waals surface area contributed by atoms with Crippen LogP contribution in [0.2, 0.25) is 0 Å². The highest BCUT2D eigenvalue weighted by Crippen LogP contribution is 2.20. The number of carboxylic acids is 1. The zero-order valence-corrected chi connectivity index (χ0v) is 10.4. The van der Waals surface area contributed by atoms with Crippen molar-refractivity contribution in [2.45, 2.75) is 25.3 Å². The molecule has 17 heavy (non-hydrogen) atoms. The summed E-state index contributed by atoms with van der Waals surface area (Å²) in [5, 5.41) is 8.92. The molecule has 1 aromatic heterocycles. The Balaban J connectivity index is 2.78. The van der Waals surface area contributed by atoms with Crippen LogP contribution in [-0.2, 0) is 14.8 Å². The van der Waals surface area contributed by atoms with Gasteiger partial charge in [-0.3, -0.25) is 4.79 Å². The molecule has 0 saturated heterocycles. The second-order valence-electron chi connectivity index (χ2n) is 3.96. The molecule has 0 bridgehead atoms. The molecule has 0 aliphatic heterocycles. The van der Waals surface area contributed by atoms with Crippen molar-refractivity contribution >= 4 is 16.0 Å². The molecule has 0 radical (unpaired) electrons. The number of imidazole rings is 1. The van der Waals surface area contributed by atoms with Crippen LogP contribution in [0.4, 0.5) is 0 Å². The van der Waals surface area contributed by atoms with Crippen molar-refractivity contribution in [2.75, 3.05) is 6.54 Å². The maximum absolute atomic E-state index is 11.7. The number of hydrogen-bond acceptors (Lipinski definition) is 4. The van der Waals surface area contributed by atoms with Crippen LogP contribution in [0.3, 0.4) is 0 Å². The van der Waals surface area contributed by atoms with Crippen molar-refractivity contribution < 1.29 is 18.3 Å². The van der Waals surface area contributed by atoms with E-state index < -0.39 is 21.4 Å². The Morgan fingerprint density at radius 3 is 2.71 bits per heavy atom. The van der Waals surface area contributed by atoms with Crippen LogP contribution in [0.1, 0.15) is 20.3 Å². The summed E-state index contributed by atoms with van der Waals surface area (Å²) in [6, 6.07) is 0. The summed E-state index contributed by atoms with van der Waals surface area (Å²) in [6.07, 6.45) is 2.73. The number of rotatable bonds is 6. The Morgan fingerprint density at radius 1 is 1.65 bits per heavy atom. The number of carboxylic acid groups (broad SMARTS) is 1. The van der Waals surface area contributed by atoms with E-state index >= 15 is 0 Å². The van der Waals surface area contributed by atoms with Crippen molar-refractivity contribution in [1.29, 1.82) is 0 Å². The van der Waals surface area contributed by atoms with E-state index in [0.29, 0.717) is 6.42 Å². The predicted molar refractivity (Wildman–Crippen MR) is 59.8 cm³/mol. The number of aromatic nitrogens is 2. The van der Waals surface area contributed by atoms with Crippen LogP contribution >= 0.6 is 0 Å². The first-order valence-electron chi connectivity index (χ1n) is 5.03. The molecule has 0 aliphatic rings. The number of H-pyrrole nitrogens is 1. The molecule has 96 valence electrons. The fourth-order valence-corrected chi connectivity index (χ4v) is 2.15. The van der Waals surface area contributed by atoms with Gasteiger partial charge in [0.25, 0.3) is 10.0 Å². The predicted octanol–water partition coefficient (Wildman–Crippen LogP) is 0.189. The van der Waals surface area contributed by atoms with Gasteiger partial charge in [-0.2, -0.15) is 0 Å². The highest BCUT2D eigenvalue weighted by molar-refractivity contribution is 7.89. The molecular weight excluding hydrogens is 246 g/mol. The van der Waals surface area contributed by atoms with E-state index in [2.05, 4.69) is 14.7 Å². The zero-order chi connectivity index (χ0) is 13.1. The highest BCUT2D eigenvalue weighted by atomic mass is 32.2. The molecule has 3 N–H and O–H groups in total. The molecular formula is C9H15N3O4S. The maximum atomic E-state index is 11.7. The van der Waals surface area contributed by atoms with E-state index in [1.165, 1.54) is 13.3 Å². The SMILES string of the molecule is CCC(C)(CNS(=O)(=O)c1cnc[nH]1)C(=O)O. The second-order valence-corrected chi connectivity index (χ2v) is 5.70. The van der Waals surface area contributed by atoms with Gasteiger partial charge in [0, 0.05) is 6.54 Å². The number of carbonyl (C=O) groups is 1. The van der Waals surface area contributed by atoms with Crippen LogP contribution in [0, 0.1) is 5.41 Å². The average molecular weight is 261 g/mol. The Bertz CT molecular complexity index is 482. The normalized spacial score (nSPS) is 15.4. The molecule has 7 nitrogen and oxygen atoms in total. The molecule has 0 aliphatic carbocycles. The number of hydrogen-bond donors (Lipinski definition) is 3. The van der Waals surface area contributed by atoms with Gasteiger partial charge in [-0.25, -0.2) is 18.1 Å². The third-order valence-electron chi connectivity index (χ3n) is 2.71. The van der Waals surface area contributed by atoms with Gasteiger partial charge in [0.1, 0.15) is 0 Å². The summed E-state index contributed by atoms with van der Waals surface area (Å²) < 4.78 is 25.7. The van der Waals surface area contributed by atoms with E-state index in [9.17, 15) is 13.2 Å². The van der Waals surface area contributed by atoms with E-state index in [1.54, 1.807) is 6.92 Å². The van der Waals surface area contributed by atoms with Crippen molar-refractivity contribution in [3.63, 3.8) is 0 Å². The minimum Gasteiger partial charge on any atom is -0.481 e. The monoisotopic (exact) mass is 261 g/mol. The molecule has 1 heterocycles. The number of sulfonamides is 1. The molecule has 8 heteroatoms. The van der Waals surface area contributed by atoms with Gasteiger partial charge in [0.05, 0.1) is 17.9 Å². The lowest BCUT2D eigenvalue weighted by molar-refractivity contribution is -0.147. The lowest BCUT2D eigenvalue weighted by atomic mass is 9.88. The van der Waals surface area contributed by atoms with Gasteiger partial charge in [-0.15, -0.1) is 0 Å². The van der Waals surface area contributed by atoms with E-state index in [4.69, 9.17) is 5.11 Å². The summed E-state index contributed by atoms with van der Waals surface area (Å²) in [5.74, 6) is -1.03. The molecule has 0 aromatic carbocycles. The summed E-state index contributed by atoms with van der Waals surface area (Å²) in [7, 11) is -3.73. The standard InChI is InChI=1S/C9H15N3O4S/c1-3-9(2,8(13)14)5-12-17(15,16)7-4-10-6-11-7/h4,6,12H,3,5H2,1-2H3,(H,10,11)(H,13,14). The topological polar surface area (TPSA) is 112 Å². The quantitative estimate of drug-likeness (QED) is 0.676. The molecule has 0 spiro atoms. The summed E-state index contributed by atoms with van der Waals surface area (Å²) in [4.78, 5) is 17.0. The van der Waals surface area contributed by atoms with Crippen LogP contribution in [0.5, 0.6) is 0 Å². The first-order chi connectivity index (χ1) is 7.82. The fraction of sp³-hybridized carbons (Fsp3) is 0.556. The third kappa shape index (κ3) is 3.04. The first-order valence-corrected chi connectivity index (χ1v) is 6.51. The van der Waals surface area contributed by atoms with E-state index in [-0.39, 0.29) is 11.6 Å². The maximum Gasteiger partial charge on any atom is 0.310 e. The number of aliphatic carboxylic acids is 1. The van der Waals surface area contributed by atoms with E-state index in [1.807, 2.05) is 0 Å². The summed E-state index contributed by atoms with van der Waals surface area (Å²) in [5.41, 5.74) is -1.12. The van der Waals surface area contributed by atoms with Crippen molar-refractivity contribution in [3.05, 3.63) is 12.5 Å². The average Bonchev–Trinajstić information content (AvgIpc) is 2.79. The van der Waals surface area contributed by atoms with Crippen LogP contribution < -0.4 is 4.72 Å². The van der Waals surface area contributed by atoms with Gasteiger partial charge >= 0.3 is 5.97 Å². The summed E-state index contributed by atoms with van der Waals surface area (Å²) >= 11 is 0. The lowest BCUT2D eigenvalue weighted by Crippen LogP contribution is -2.40. The Hall–Kier alpha value is -1.41. The third-order valence-corrected chi connectivity index (χ3v) is 4.04. The molecule has 1 atom stereocenters. The van der Waals surface area contributed by atoms with Crippen molar-refractivity contribution in [1.82, 2.24) is 14.7 Å². The zero-order valence-electron chi connectivity index (χ0n) is 9.60. The number of nitrogens with one attached hydrogen (secondary N) is 2. The smallest absolute Gasteiger partial charge is 0.310 e. The van der Waals surface area contributed by atoms with Crippen molar-refractivity contribution in [2.24, 2.45) is 5.41 Å². The van der Waals surface area contributed by atoms with Gasteiger partial charge in [-0.05, 0) is 13.3 Å². The van der Waals surface area contributed by atoms with Gasteiger partial charge in [0.2, 0.25) is 0 Å². The molecule has 1 rings (SSSR count). The highest BCUT2D eigenvalue weighted by Gasteiger charge is 2.32. The van der Waals surface area contributed by atoms with Gasteiger partial charge in [-0.1, -0.05) is 6.92 Å². The van der Waals surface area contributed by atoms with Gasteiger partial charge < -0.3 is 10.1 Å². The molecule has 1 unspecified atom stereocenters. The first kappa shape index (κ1) is 13.7. The lowest BCUT2D eigenvalue weighted by Gasteiger charge is -2.22. The fourth-order valence-electron chi connectivity index (χ4n) is 1.07. The minimum atomic E-state index is -3.73. The van der Waals surface area contributed by atoms with Crippen LogP contribution in [0.15, 0.2) is 17.6 Å². The van der Waals surface area contributed by atoms with Crippen LogP contribution in [0.25, 0.3) is 0 Å². The molecule has 0 fully saturated rings. The number of aromatic amines is 1. The molecule has 0 saturated carbocycles. The Morgan fingerprint density at radius 2 is 2.29 bits per heavy atom. The minimum absolute atomic E-state index is 0.0821. The Labute approximate surface area is 99.3 Å². The molecule has 0 amide bonds. The van der Waals surface area contributed by atoms with Crippen LogP contribution in [-0.4, -0.2) is 36.0 Å². The van der Waals surface area contributed by atoms with E-state index in [0.717, 1.165) is 6.20 Å².